The number of nitrogens with zero attached hydrogens (tertiary/aromatic N) is 1. The van der Waals surface area contributed by atoms with Gasteiger partial charge in [0.05, 0.1) is 19.1 Å². The number of carbonyl (C=O) groups excluding carboxylic acids is 2. The number of hydrogen-bond acceptors (Lipinski definition) is 6. The lowest BCUT2D eigenvalue weighted by molar-refractivity contribution is -0.159. The predicted molar refractivity (Wildman–Crippen MR) is 92.3 cm³/mol. The average Bonchev–Trinajstić information content (AvgIpc) is 2.53. The van der Waals surface area contributed by atoms with E-state index in [-0.39, 0.29) is 24.8 Å². The van der Waals surface area contributed by atoms with Crippen LogP contribution >= 0.6 is 0 Å². The molecule has 24 heavy (non-hydrogen) atoms. The van der Waals surface area contributed by atoms with Crippen LogP contribution in [0.3, 0.4) is 0 Å². The van der Waals surface area contributed by atoms with E-state index in [2.05, 4.69) is 0 Å². The fourth-order valence-corrected chi connectivity index (χ4v) is 2.12. The van der Waals surface area contributed by atoms with E-state index in [0.717, 1.165) is 0 Å². The molecule has 1 amide bonds. The standard InChI is InChI=1S/C17H34N2O5/c1-6-22-16(23-7-2)11-19(5)17(21)14(10-18)8-9-15(20)24-12-13(3)4/h13-14,16H,6-12,18H2,1-5H3/t14-/m1/s1. The maximum Gasteiger partial charge on any atom is 0.305 e. The van der Waals surface area contributed by atoms with E-state index in [1.807, 2.05) is 27.7 Å². The van der Waals surface area contributed by atoms with Crippen molar-refractivity contribution in [1.29, 1.82) is 0 Å². The highest BCUT2D eigenvalue weighted by Gasteiger charge is 2.24. The van der Waals surface area contributed by atoms with Crippen LogP contribution in [0, 0.1) is 11.8 Å². The molecule has 0 aliphatic heterocycles. The topological polar surface area (TPSA) is 91.1 Å². The normalized spacial score (nSPS) is 12.5. The first-order valence-corrected chi connectivity index (χ1v) is 8.69. The Morgan fingerprint density at radius 1 is 1.12 bits per heavy atom. The van der Waals surface area contributed by atoms with E-state index in [4.69, 9.17) is 19.9 Å². The van der Waals surface area contributed by atoms with Gasteiger partial charge in [-0.3, -0.25) is 9.59 Å². The first kappa shape index (κ1) is 22.8. The van der Waals surface area contributed by atoms with Crippen molar-refractivity contribution in [3.05, 3.63) is 0 Å². The lowest BCUT2D eigenvalue weighted by atomic mass is 10.0. The zero-order valence-corrected chi connectivity index (χ0v) is 15.7. The first-order valence-electron chi connectivity index (χ1n) is 8.69. The van der Waals surface area contributed by atoms with Crippen molar-refractivity contribution in [2.45, 2.75) is 46.8 Å². The van der Waals surface area contributed by atoms with Crippen molar-refractivity contribution in [2.75, 3.05) is 40.0 Å². The van der Waals surface area contributed by atoms with Crippen LogP contribution in [-0.2, 0) is 23.8 Å². The third kappa shape index (κ3) is 9.85. The minimum atomic E-state index is -0.455. The minimum absolute atomic E-state index is 0.112. The summed E-state index contributed by atoms with van der Waals surface area (Å²) < 4.78 is 16.0. The molecule has 0 aliphatic rings. The number of carbonyl (C=O) groups is 2. The van der Waals surface area contributed by atoms with E-state index >= 15 is 0 Å². The molecule has 0 radical (unpaired) electrons. The van der Waals surface area contributed by atoms with Gasteiger partial charge in [-0.1, -0.05) is 13.8 Å². The summed E-state index contributed by atoms with van der Waals surface area (Å²) >= 11 is 0. The monoisotopic (exact) mass is 346 g/mol. The van der Waals surface area contributed by atoms with Crippen LogP contribution in [-0.4, -0.2) is 63.0 Å². The molecule has 0 fully saturated rings. The molecule has 2 N–H and O–H groups in total. The summed E-state index contributed by atoms with van der Waals surface area (Å²) in [4.78, 5) is 25.7. The van der Waals surface area contributed by atoms with Crippen molar-refractivity contribution < 1.29 is 23.8 Å². The van der Waals surface area contributed by atoms with Crippen molar-refractivity contribution in [2.24, 2.45) is 17.6 Å². The Morgan fingerprint density at radius 2 is 1.71 bits per heavy atom. The number of hydrogen-bond donors (Lipinski definition) is 1. The minimum Gasteiger partial charge on any atom is -0.465 e. The molecule has 0 aromatic heterocycles. The molecule has 0 unspecified atom stereocenters. The number of rotatable bonds is 13. The highest BCUT2D eigenvalue weighted by molar-refractivity contribution is 5.79. The summed E-state index contributed by atoms with van der Waals surface area (Å²) in [5.74, 6) is -0.524. The summed E-state index contributed by atoms with van der Waals surface area (Å²) in [5, 5.41) is 0. The van der Waals surface area contributed by atoms with Crippen LogP contribution in [0.4, 0.5) is 0 Å². The van der Waals surface area contributed by atoms with E-state index in [1.165, 1.54) is 0 Å². The molecule has 0 rings (SSSR count). The Balaban J connectivity index is 4.42. The van der Waals surface area contributed by atoms with Gasteiger partial charge in [0.1, 0.15) is 0 Å². The lowest BCUT2D eigenvalue weighted by Crippen LogP contribution is -2.42. The second-order valence-corrected chi connectivity index (χ2v) is 6.11. The largest absolute Gasteiger partial charge is 0.465 e. The maximum absolute atomic E-state index is 12.5. The van der Waals surface area contributed by atoms with Crippen LogP contribution in [0.15, 0.2) is 0 Å². The van der Waals surface area contributed by atoms with Crippen molar-refractivity contribution in [3.8, 4) is 0 Å². The van der Waals surface area contributed by atoms with Gasteiger partial charge in [-0.25, -0.2) is 0 Å². The van der Waals surface area contributed by atoms with Gasteiger partial charge in [-0.15, -0.1) is 0 Å². The number of likely N-dealkylation sites (N-methyl/N-ethyl adjacent to an activating group) is 1. The lowest BCUT2D eigenvalue weighted by Gasteiger charge is -2.27. The molecule has 142 valence electrons. The first-order chi connectivity index (χ1) is 11.3. The fourth-order valence-electron chi connectivity index (χ4n) is 2.12. The van der Waals surface area contributed by atoms with Gasteiger partial charge in [-0.05, 0) is 26.2 Å². The predicted octanol–water partition coefficient (Wildman–Crippen LogP) is 1.40. The fraction of sp³-hybridized carbons (Fsp3) is 0.882. The summed E-state index contributed by atoms with van der Waals surface area (Å²) in [6.45, 7) is 9.62. The summed E-state index contributed by atoms with van der Waals surface area (Å²) in [6, 6.07) is 0. The number of nitrogens with two attached hydrogens (primary N) is 1. The molecule has 0 heterocycles. The summed E-state index contributed by atoms with van der Waals surface area (Å²) in [7, 11) is 1.69. The molecule has 0 bridgehead atoms. The second kappa shape index (κ2) is 13.1. The molecular formula is C17H34N2O5. The van der Waals surface area contributed by atoms with Crippen molar-refractivity contribution in [3.63, 3.8) is 0 Å². The van der Waals surface area contributed by atoms with Crippen LogP contribution in [0.25, 0.3) is 0 Å². The highest BCUT2D eigenvalue weighted by atomic mass is 16.7. The van der Waals surface area contributed by atoms with Crippen LogP contribution < -0.4 is 5.73 Å². The van der Waals surface area contributed by atoms with Gasteiger partial charge < -0.3 is 24.8 Å². The summed E-state index contributed by atoms with van der Waals surface area (Å²) in [5.41, 5.74) is 5.71. The highest BCUT2D eigenvalue weighted by Crippen LogP contribution is 2.11. The van der Waals surface area contributed by atoms with Crippen molar-refractivity contribution in [1.82, 2.24) is 4.90 Å². The van der Waals surface area contributed by atoms with Crippen LogP contribution in [0.2, 0.25) is 0 Å². The van der Waals surface area contributed by atoms with E-state index in [1.54, 1.807) is 11.9 Å². The molecular weight excluding hydrogens is 312 g/mol. The number of ether oxygens (including phenoxy) is 3. The molecule has 7 nitrogen and oxygen atoms in total. The van der Waals surface area contributed by atoms with Crippen LogP contribution in [0.1, 0.15) is 40.5 Å². The second-order valence-electron chi connectivity index (χ2n) is 6.11. The molecule has 0 spiro atoms. The zero-order chi connectivity index (χ0) is 18.5. The molecule has 7 heteroatoms. The van der Waals surface area contributed by atoms with Gasteiger partial charge in [0.2, 0.25) is 5.91 Å². The molecule has 0 saturated heterocycles. The molecule has 0 aromatic carbocycles. The molecule has 1 atom stereocenters. The molecule has 0 aromatic rings. The Hall–Kier alpha value is -1.18. The van der Waals surface area contributed by atoms with E-state index < -0.39 is 12.2 Å². The maximum atomic E-state index is 12.5. The molecule has 0 saturated carbocycles. The molecule has 0 aliphatic carbocycles. The summed E-state index contributed by atoms with van der Waals surface area (Å²) in [6.07, 6.45) is 0.113. The van der Waals surface area contributed by atoms with E-state index in [0.29, 0.717) is 38.7 Å². The van der Waals surface area contributed by atoms with Crippen LogP contribution in [0.5, 0.6) is 0 Å². The average molecular weight is 346 g/mol. The quantitative estimate of drug-likeness (QED) is 0.400. The van der Waals surface area contributed by atoms with Gasteiger partial charge in [0.15, 0.2) is 6.29 Å². The Labute approximate surface area is 145 Å². The van der Waals surface area contributed by atoms with E-state index in [9.17, 15) is 9.59 Å². The number of esters is 1. The Bertz CT molecular complexity index is 357. The van der Waals surface area contributed by atoms with Gasteiger partial charge >= 0.3 is 5.97 Å². The SMILES string of the molecule is CCOC(CN(C)C(=O)[C@@H](CN)CCC(=O)OCC(C)C)OCC. The Kier molecular flexibility index (Phi) is 12.5. The number of amides is 1. The van der Waals surface area contributed by atoms with Gasteiger partial charge in [0, 0.05) is 33.2 Å². The smallest absolute Gasteiger partial charge is 0.305 e. The zero-order valence-electron chi connectivity index (χ0n) is 15.7. The van der Waals surface area contributed by atoms with Crippen molar-refractivity contribution >= 4 is 11.9 Å². The van der Waals surface area contributed by atoms with Gasteiger partial charge in [0.25, 0.3) is 0 Å². The Morgan fingerprint density at radius 3 is 2.17 bits per heavy atom. The third-order valence-corrected chi connectivity index (χ3v) is 3.41. The van der Waals surface area contributed by atoms with Gasteiger partial charge in [-0.2, -0.15) is 0 Å². The third-order valence-electron chi connectivity index (χ3n) is 3.41.